The summed E-state index contributed by atoms with van der Waals surface area (Å²) in [5.74, 6) is 5.45. The Morgan fingerprint density at radius 3 is 2.62 bits per heavy atom. The molecule has 1 aromatic carbocycles. The molecule has 3 N–H and O–H groups in total. The van der Waals surface area contributed by atoms with Crippen LogP contribution in [0.5, 0.6) is 0 Å². The number of carboxylic acid groups (broad SMARTS) is 1. The first-order chi connectivity index (χ1) is 12.7. The zero-order valence-electron chi connectivity index (χ0n) is 15.2. The van der Waals surface area contributed by atoms with Crippen molar-refractivity contribution in [3.63, 3.8) is 0 Å². The molecule has 0 bridgehead atoms. The third kappa shape index (κ3) is 5.74. The third-order valence-corrected chi connectivity index (χ3v) is 4.37. The van der Waals surface area contributed by atoms with E-state index < -0.39 is 5.97 Å². The van der Waals surface area contributed by atoms with Gasteiger partial charge in [-0.15, -0.1) is 0 Å². The summed E-state index contributed by atoms with van der Waals surface area (Å²) in [6, 6.07) is 10.3. The van der Waals surface area contributed by atoms with Crippen LogP contribution >= 0.6 is 0 Å². The number of hydrogen-bond donors (Lipinski definition) is 2. The SMILES string of the molecule is CCC/C(=C(\CCCC(=O)O)ON)C(Cc1ccccc1)n1ccnc1. The summed E-state index contributed by atoms with van der Waals surface area (Å²) < 4.78 is 2.06. The Balaban J connectivity index is 2.34. The predicted molar refractivity (Wildman–Crippen MR) is 100 cm³/mol. The van der Waals surface area contributed by atoms with Crippen LogP contribution in [0, 0.1) is 0 Å². The molecule has 0 aliphatic carbocycles. The number of imidazole rings is 1. The molecule has 6 nitrogen and oxygen atoms in total. The van der Waals surface area contributed by atoms with Crippen molar-refractivity contribution in [3.8, 4) is 0 Å². The molecular weight excluding hydrogens is 330 g/mol. The van der Waals surface area contributed by atoms with Gasteiger partial charge in [0.2, 0.25) is 0 Å². The minimum Gasteiger partial charge on any atom is -0.481 e. The molecule has 1 heterocycles. The van der Waals surface area contributed by atoms with Crippen molar-refractivity contribution >= 4 is 5.97 Å². The Labute approximate surface area is 154 Å². The molecule has 0 amide bonds. The van der Waals surface area contributed by atoms with E-state index in [0.29, 0.717) is 18.6 Å². The van der Waals surface area contributed by atoms with Gasteiger partial charge >= 0.3 is 5.97 Å². The summed E-state index contributed by atoms with van der Waals surface area (Å²) in [6.45, 7) is 2.11. The minimum absolute atomic E-state index is 0.0308. The molecule has 2 rings (SSSR count). The van der Waals surface area contributed by atoms with Gasteiger partial charge in [0.25, 0.3) is 0 Å². The zero-order valence-corrected chi connectivity index (χ0v) is 15.2. The van der Waals surface area contributed by atoms with E-state index in [4.69, 9.17) is 15.8 Å². The van der Waals surface area contributed by atoms with Crippen molar-refractivity contribution in [2.75, 3.05) is 0 Å². The van der Waals surface area contributed by atoms with E-state index in [1.165, 1.54) is 5.56 Å². The maximum atomic E-state index is 10.8. The van der Waals surface area contributed by atoms with E-state index in [0.717, 1.165) is 24.8 Å². The average Bonchev–Trinajstić information content (AvgIpc) is 3.17. The fourth-order valence-electron chi connectivity index (χ4n) is 3.16. The summed E-state index contributed by atoms with van der Waals surface area (Å²) in [6.07, 6.45) is 9.17. The molecule has 1 aromatic heterocycles. The van der Waals surface area contributed by atoms with Crippen molar-refractivity contribution in [1.82, 2.24) is 9.55 Å². The molecule has 2 aromatic rings. The van der Waals surface area contributed by atoms with Crippen molar-refractivity contribution in [3.05, 3.63) is 65.9 Å². The molecule has 140 valence electrons. The fraction of sp³-hybridized carbons (Fsp3) is 0.400. The van der Waals surface area contributed by atoms with Gasteiger partial charge in [0.05, 0.1) is 12.4 Å². The summed E-state index contributed by atoms with van der Waals surface area (Å²) in [5.41, 5.74) is 2.31. The number of benzene rings is 1. The fourth-order valence-corrected chi connectivity index (χ4v) is 3.16. The Hall–Kier alpha value is -2.60. The average molecular weight is 357 g/mol. The number of aromatic nitrogens is 2. The topological polar surface area (TPSA) is 90.4 Å². The highest BCUT2D eigenvalue weighted by molar-refractivity contribution is 5.66. The third-order valence-electron chi connectivity index (χ3n) is 4.37. The monoisotopic (exact) mass is 357 g/mol. The molecule has 0 radical (unpaired) electrons. The van der Waals surface area contributed by atoms with Gasteiger partial charge in [-0.05, 0) is 30.4 Å². The van der Waals surface area contributed by atoms with Gasteiger partial charge in [0.1, 0.15) is 5.76 Å². The maximum Gasteiger partial charge on any atom is 0.303 e. The number of carboxylic acids is 1. The lowest BCUT2D eigenvalue weighted by Crippen LogP contribution is -2.17. The molecule has 26 heavy (non-hydrogen) atoms. The van der Waals surface area contributed by atoms with Crippen LogP contribution in [0.1, 0.15) is 50.6 Å². The second-order valence-corrected chi connectivity index (χ2v) is 6.28. The first-order valence-electron chi connectivity index (χ1n) is 8.97. The van der Waals surface area contributed by atoms with Gasteiger partial charge in [-0.1, -0.05) is 43.7 Å². The van der Waals surface area contributed by atoms with Gasteiger partial charge in [0, 0.05) is 25.2 Å². The second kappa shape index (κ2) is 10.4. The van der Waals surface area contributed by atoms with Crippen LogP contribution < -0.4 is 5.90 Å². The summed E-state index contributed by atoms with van der Waals surface area (Å²) in [7, 11) is 0. The van der Waals surface area contributed by atoms with Gasteiger partial charge < -0.3 is 14.5 Å². The maximum absolute atomic E-state index is 10.8. The Bertz CT molecular complexity index is 696. The molecule has 6 heteroatoms. The van der Waals surface area contributed by atoms with Crippen molar-refractivity contribution in [2.24, 2.45) is 5.90 Å². The summed E-state index contributed by atoms with van der Waals surface area (Å²) in [5, 5.41) is 8.89. The summed E-state index contributed by atoms with van der Waals surface area (Å²) >= 11 is 0. The van der Waals surface area contributed by atoms with Crippen molar-refractivity contribution < 1.29 is 14.7 Å². The van der Waals surface area contributed by atoms with E-state index in [1.807, 2.05) is 24.4 Å². The number of allylic oxidation sites excluding steroid dienone is 2. The lowest BCUT2D eigenvalue weighted by atomic mass is 9.93. The normalized spacial score (nSPS) is 13.2. The van der Waals surface area contributed by atoms with Gasteiger partial charge in [-0.2, -0.15) is 5.90 Å². The van der Waals surface area contributed by atoms with Crippen LogP contribution in [0.2, 0.25) is 0 Å². The van der Waals surface area contributed by atoms with Crippen LogP contribution in [0.3, 0.4) is 0 Å². The molecule has 0 spiro atoms. The van der Waals surface area contributed by atoms with E-state index in [-0.39, 0.29) is 12.5 Å². The van der Waals surface area contributed by atoms with Gasteiger partial charge in [-0.25, -0.2) is 4.98 Å². The van der Waals surface area contributed by atoms with Crippen LogP contribution in [-0.4, -0.2) is 20.6 Å². The number of aliphatic carboxylic acids is 1. The van der Waals surface area contributed by atoms with E-state index in [9.17, 15) is 4.79 Å². The number of rotatable bonds is 11. The molecule has 0 fully saturated rings. The Kier molecular flexibility index (Phi) is 7.89. The molecule has 1 unspecified atom stereocenters. The first kappa shape index (κ1) is 19.7. The first-order valence-corrected chi connectivity index (χ1v) is 8.97. The molecule has 0 aliphatic heterocycles. The summed E-state index contributed by atoms with van der Waals surface area (Å²) in [4.78, 5) is 20.2. The second-order valence-electron chi connectivity index (χ2n) is 6.28. The number of nitrogens with two attached hydrogens (primary N) is 1. The van der Waals surface area contributed by atoms with Gasteiger partial charge in [-0.3, -0.25) is 4.79 Å². The van der Waals surface area contributed by atoms with Crippen LogP contribution in [-0.2, 0) is 16.1 Å². The van der Waals surface area contributed by atoms with E-state index >= 15 is 0 Å². The van der Waals surface area contributed by atoms with Crippen molar-refractivity contribution in [1.29, 1.82) is 0 Å². The zero-order chi connectivity index (χ0) is 18.8. The van der Waals surface area contributed by atoms with E-state index in [1.54, 1.807) is 12.5 Å². The highest BCUT2D eigenvalue weighted by Crippen LogP contribution is 2.31. The largest absolute Gasteiger partial charge is 0.481 e. The number of nitrogens with zero attached hydrogens (tertiary/aromatic N) is 2. The Morgan fingerprint density at radius 2 is 2.04 bits per heavy atom. The molecule has 0 saturated carbocycles. The van der Waals surface area contributed by atoms with Crippen LogP contribution in [0.4, 0.5) is 0 Å². The highest BCUT2D eigenvalue weighted by Gasteiger charge is 2.21. The van der Waals surface area contributed by atoms with Crippen LogP contribution in [0.15, 0.2) is 60.4 Å². The lowest BCUT2D eigenvalue weighted by molar-refractivity contribution is -0.137. The quantitative estimate of drug-likeness (QED) is 0.471. The number of carbonyl (C=O) groups is 1. The molecule has 0 aliphatic rings. The van der Waals surface area contributed by atoms with Crippen molar-refractivity contribution in [2.45, 2.75) is 51.5 Å². The Morgan fingerprint density at radius 1 is 1.27 bits per heavy atom. The minimum atomic E-state index is -0.811. The van der Waals surface area contributed by atoms with E-state index in [2.05, 4.69) is 28.6 Å². The van der Waals surface area contributed by atoms with Gasteiger partial charge in [0.15, 0.2) is 0 Å². The molecule has 0 saturated heterocycles. The molecule has 1 atom stereocenters. The van der Waals surface area contributed by atoms with Crippen LogP contribution in [0.25, 0.3) is 0 Å². The predicted octanol–water partition coefficient (Wildman–Crippen LogP) is 3.87. The molecular formula is C20H27N3O3. The smallest absolute Gasteiger partial charge is 0.303 e. The number of hydrogen-bond acceptors (Lipinski definition) is 4. The highest BCUT2D eigenvalue weighted by atomic mass is 16.6. The lowest BCUT2D eigenvalue weighted by Gasteiger charge is -2.24. The standard InChI is InChI=1S/C20H27N3O3/c1-2-7-17(19(26-21)10-6-11-20(24)25)18(23-13-12-22-15-23)14-16-8-4-3-5-9-16/h3-5,8-9,12-13,15,18H,2,6-7,10-11,14,21H2,1H3,(H,24,25)/b19-17-.